The molecule has 3 atom stereocenters. The summed E-state index contributed by atoms with van der Waals surface area (Å²) in [6.07, 6.45) is 3.36. The summed E-state index contributed by atoms with van der Waals surface area (Å²) in [5.74, 6) is 0.156. The zero-order valence-corrected chi connectivity index (χ0v) is 14.5. The van der Waals surface area contributed by atoms with Crippen LogP contribution in [0.1, 0.15) is 53.9 Å². The molecule has 0 spiro atoms. The molecule has 0 bridgehead atoms. The van der Waals surface area contributed by atoms with Crippen molar-refractivity contribution in [2.45, 2.75) is 71.5 Å². The van der Waals surface area contributed by atoms with Crippen molar-refractivity contribution in [3.8, 4) is 0 Å². The molecule has 2 N–H and O–H groups in total. The molecule has 1 aliphatic heterocycles. The molecule has 0 aromatic carbocycles. The summed E-state index contributed by atoms with van der Waals surface area (Å²) in [6.45, 7) is 10.8. The largest absolute Gasteiger partial charge is 0.347 e. The molecule has 2 amide bonds. The van der Waals surface area contributed by atoms with Gasteiger partial charge in [-0.15, -0.1) is 0 Å². The van der Waals surface area contributed by atoms with Crippen molar-refractivity contribution in [2.75, 3.05) is 20.1 Å². The van der Waals surface area contributed by atoms with E-state index in [0.717, 1.165) is 17.7 Å². The van der Waals surface area contributed by atoms with Crippen molar-refractivity contribution in [1.29, 1.82) is 0 Å². The van der Waals surface area contributed by atoms with Crippen LogP contribution >= 0.6 is 0 Å². The van der Waals surface area contributed by atoms with Gasteiger partial charge in [-0.25, -0.2) is 0 Å². The van der Waals surface area contributed by atoms with E-state index in [1.54, 1.807) is 0 Å². The van der Waals surface area contributed by atoms with Crippen molar-refractivity contribution in [3.63, 3.8) is 0 Å². The van der Waals surface area contributed by atoms with Gasteiger partial charge in [-0.1, -0.05) is 0 Å². The minimum Gasteiger partial charge on any atom is -0.347 e. The highest BCUT2D eigenvalue weighted by atomic mass is 16.2. The average molecular weight is 298 g/mol. The normalized spacial score (nSPS) is 24.6. The predicted molar refractivity (Wildman–Crippen MR) is 84.1 cm³/mol. The van der Waals surface area contributed by atoms with Crippen molar-refractivity contribution in [1.82, 2.24) is 10.2 Å². The van der Waals surface area contributed by atoms with Gasteiger partial charge in [0.25, 0.3) is 11.8 Å². The van der Waals surface area contributed by atoms with Crippen LogP contribution in [0, 0.1) is 0 Å². The first kappa shape index (κ1) is 18.0. The number of piperidine rings is 1. The number of likely N-dealkylation sites (N-methyl/N-ethyl adjacent to an activating group) is 1. The molecule has 122 valence electrons. The summed E-state index contributed by atoms with van der Waals surface area (Å²) >= 11 is 0. The highest BCUT2D eigenvalue weighted by Crippen LogP contribution is 2.21. The number of quaternary nitrogens is 1. The molecule has 0 saturated carbocycles. The maximum Gasteiger partial charge on any atom is 0.278 e. The quantitative estimate of drug-likeness (QED) is 0.779. The lowest BCUT2D eigenvalue weighted by molar-refractivity contribution is -0.863. The lowest BCUT2D eigenvalue weighted by Gasteiger charge is -2.39. The van der Waals surface area contributed by atoms with E-state index in [0.29, 0.717) is 25.2 Å². The molecule has 5 heteroatoms. The molecule has 0 radical (unpaired) electrons. The van der Waals surface area contributed by atoms with Gasteiger partial charge in [0.05, 0.1) is 7.05 Å². The summed E-state index contributed by atoms with van der Waals surface area (Å²) < 4.78 is 0. The first-order valence-corrected chi connectivity index (χ1v) is 8.03. The van der Waals surface area contributed by atoms with E-state index in [1.807, 2.05) is 32.7 Å². The molecule has 1 heterocycles. The summed E-state index contributed by atoms with van der Waals surface area (Å²) in [7, 11) is 1.90. The summed E-state index contributed by atoms with van der Waals surface area (Å²) in [5, 5.41) is 2.94. The molecule has 1 fully saturated rings. The third-order valence-electron chi connectivity index (χ3n) is 3.91. The van der Waals surface area contributed by atoms with Gasteiger partial charge in [0, 0.05) is 17.6 Å². The maximum atomic E-state index is 12.5. The van der Waals surface area contributed by atoms with Gasteiger partial charge in [-0.3, -0.25) is 9.59 Å². The zero-order chi connectivity index (χ0) is 16.2. The van der Waals surface area contributed by atoms with E-state index >= 15 is 0 Å². The fourth-order valence-electron chi connectivity index (χ4n) is 3.06. The Morgan fingerprint density at radius 2 is 1.67 bits per heavy atom. The van der Waals surface area contributed by atoms with Gasteiger partial charge in [0.1, 0.15) is 0 Å². The van der Waals surface area contributed by atoms with Crippen LogP contribution in [0.3, 0.4) is 0 Å². The highest BCUT2D eigenvalue weighted by Gasteiger charge is 2.30. The molecule has 1 aliphatic rings. The molecular weight excluding hydrogens is 266 g/mol. The Morgan fingerprint density at radius 1 is 1.14 bits per heavy atom. The molecule has 1 saturated heterocycles. The molecular formula is C16H32N3O2+. The van der Waals surface area contributed by atoms with Gasteiger partial charge in [0.15, 0.2) is 13.1 Å². The second kappa shape index (κ2) is 7.25. The molecule has 0 aromatic heterocycles. The Labute approximate surface area is 129 Å². The van der Waals surface area contributed by atoms with Gasteiger partial charge in [-0.05, 0) is 53.9 Å². The summed E-state index contributed by atoms with van der Waals surface area (Å²) in [5.41, 5.74) is -0.225. The molecule has 21 heavy (non-hydrogen) atoms. The van der Waals surface area contributed by atoms with E-state index in [1.165, 1.54) is 6.42 Å². The molecule has 0 aliphatic carbocycles. The Bertz CT molecular complexity index is 366. The molecule has 5 nitrogen and oxygen atoms in total. The Kier molecular flexibility index (Phi) is 6.20. The lowest BCUT2D eigenvalue weighted by Crippen LogP contribution is -3.11. The molecule has 1 rings (SSSR count). The highest BCUT2D eigenvalue weighted by molar-refractivity contribution is 5.79. The summed E-state index contributed by atoms with van der Waals surface area (Å²) in [6, 6.07) is 0.634. The van der Waals surface area contributed by atoms with Gasteiger partial charge >= 0.3 is 0 Å². The van der Waals surface area contributed by atoms with Crippen LogP contribution in [0.15, 0.2) is 0 Å². The topological polar surface area (TPSA) is 53.9 Å². The zero-order valence-electron chi connectivity index (χ0n) is 14.5. The van der Waals surface area contributed by atoms with E-state index in [9.17, 15) is 9.59 Å². The number of carbonyl (C=O) groups is 2. The fourth-order valence-corrected chi connectivity index (χ4v) is 3.06. The Balaban J connectivity index is 2.48. The van der Waals surface area contributed by atoms with Gasteiger partial charge < -0.3 is 15.1 Å². The lowest BCUT2D eigenvalue weighted by atomic mass is 9.97. The van der Waals surface area contributed by atoms with E-state index in [2.05, 4.69) is 19.2 Å². The summed E-state index contributed by atoms with van der Waals surface area (Å²) in [4.78, 5) is 27.3. The molecule has 1 unspecified atom stereocenters. The first-order chi connectivity index (χ1) is 9.60. The number of carbonyl (C=O) groups excluding carboxylic acids is 2. The van der Waals surface area contributed by atoms with E-state index < -0.39 is 0 Å². The Morgan fingerprint density at radius 3 is 2.14 bits per heavy atom. The van der Waals surface area contributed by atoms with Crippen LogP contribution < -0.4 is 10.2 Å². The van der Waals surface area contributed by atoms with Crippen molar-refractivity contribution in [2.24, 2.45) is 0 Å². The second-order valence-electron chi connectivity index (χ2n) is 7.54. The monoisotopic (exact) mass is 298 g/mol. The van der Waals surface area contributed by atoms with Gasteiger partial charge in [0.2, 0.25) is 0 Å². The maximum absolute atomic E-state index is 12.5. The number of amides is 2. The number of rotatable bonds is 4. The third kappa shape index (κ3) is 6.04. The third-order valence-corrected chi connectivity index (χ3v) is 3.91. The smallest absolute Gasteiger partial charge is 0.278 e. The van der Waals surface area contributed by atoms with E-state index in [-0.39, 0.29) is 17.4 Å². The molecule has 0 aromatic rings. The number of likely N-dealkylation sites (tertiary alicyclic amines) is 1. The van der Waals surface area contributed by atoms with Crippen LogP contribution in [0.5, 0.6) is 0 Å². The minimum atomic E-state index is -0.225. The van der Waals surface area contributed by atoms with Crippen molar-refractivity contribution in [3.05, 3.63) is 0 Å². The van der Waals surface area contributed by atoms with Crippen LogP contribution in [0.2, 0.25) is 0 Å². The number of nitrogens with zero attached hydrogens (tertiary/aromatic N) is 1. The predicted octanol–water partition coefficient (Wildman–Crippen LogP) is 0.205. The van der Waals surface area contributed by atoms with Crippen LogP contribution in [0.25, 0.3) is 0 Å². The van der Waals surface area contributed by atoms with Crippen molar-refractivity contribution >= 4 is 11.8 Å². The SMILES string of the molecule is C[C@@H]1CCC[C@H](C)N1C(=O)C[NH+](C)CC(=O)NC(C)(C)C. The van der Waals surface area contributed by atoms with Gasteiger partial charge in [-0.2, -0.15) is 0 Å². The van der Waals surface area contributed by atoms with Crippen LogP contribution in [-0.2, 0) is 9.59 Å². The minimum absolute atomic E-state index is 0.00691. The van der Waals surface area contributed by atoms with Crippen LogP contribution in [0.4, 0.5) is 0 Å². The first-order valence-electron chi connectivity index (χ1n) is 8.03. The Hall–Kier alpha value is -1.10. The second-order valence-corrected chi connectivity index (χ2v) is 7.54. The fraction of sp³-hybridized carbons (Fsp3) is 0.875. The number of hydrogen-bond acceptors (Lipinski definition) is 2. The van der Waals surface area contributed by atoms with Crippen LogP contribution in [-0.4, -0.2) is 54.5 Å². The standard InChI is InChI=1S/C16H31N3O2/c1-12-8-7-9-13(2)19(12)15(21)11-18(6)10-14(20)17-16(3,4)5/h12-13H,7-11H2,1-6H3,(H,17,20)/p+1/t12-,13+. The average Bonchev–Trinajstić information content (AvgIpc) is 2.24. The van der Waals surface area contributed by atoms with Crippen molar-refractivity contribution < 1.29 is 14.5 Å². The number of nitrogens with one attached hydrogen (secondary N) is 2. The number of hydrogen-bond donors (Lipinski definition) is 2. The van der Waals surface area contributed by atoms with E-state index in [4.69, 9.17) is 0 Å².